The Labute approximate surface area is 304 Å². The fraction of sp³-hybridized carbons (Fsp3) is 0.548. The molecule has 1 unspecified atom stereocenters. The highest BCUT2D eigenvalue weighted by molar-refractivity contribution is 7.44. The van der Waals surface area contributed by atoms with Gasteiger partial charge in [0.05, 0.1) is 45.5 Å². The number of ether oxygens (including phenoxy) is 2. The van der Waals surface area contributed by atoms with Crippen molar-refractivity contribution in [1.82, 2.24) is 9.99 Å². The lowest BCUT2D eigenvalue weighted by atomic mass is 9.77. The SMILES string of the molecule is COc1ccc(C(NCCCCCCCCCCCCOP(OCCC#N)N(C(C)C)C(C)C)(c2ccccc2)c2ccc(OC)cc2)cc1. The number of hydrogen-bond acceptors (Lipinski definition) is 7. The van der Waals surface area contributed by atoms with Crippen molar-refractivity contribution in [1.29, 1.82) is 5.26 Å². The van der Waals surface area contributed by atoms with Crippen LogP contribution in [0.5, 0.6) is 11.5 Å². The molecule has 0 amide bonds. The molecule has 0 radical (unpaired) electrons. The molecule has 1 N–H and O–H groups in total. The van der Waals surface area contributed by atoms with Crippen molar-refractivity contribution in [3.63, 3.8) is 0 Å². The quantitative estimate of drug-likeness (QED) is 0.0507. The van der Waals surface area contributed by atoms with Crippen LogP contribution in [0.3, 0.4) is 0 Å². The molecule has 0 saturated heterocycles. The van der Waals surface area contributed by atoms with Gasteiger partial charge in [-0.05, 0) is 88.0 Å². The number of rotatable bonds is 26. The molecule has 0 aliphatic carbocycles. The van der Waals surface area contributed by atoms with E-state index >= 15 is 0 Å². The summed E-state index contributed by atoms with van der Waals surface area (Å²) in [6.07, 6.45) is 12.6. The van der Waals surface area contributed by atoms with Gasteiger partial charge in [0, 0.05) is 12.1 Å². The number of nitriles is 1. The minimum atomic E-state index is -1.13. The standard InChI is InChI=1S/C42H62N3O4P/c1-35(2)45(36(3)4)50(49-34-20-31-43)48-33-19-14-12-10-8-7-9-11-13-18-32-44-42(37-21-16-15-17-22-37,38-23-27-40(46-5)28-24-38)39-25-29-41(47-6)30-26-39/h15-17,21-30,35-36,44H,7-14,18-20,32-34H2,1-6H3. The number of nitrogens with zero attached hydrogens (tertiary/aromatic N) is 2. The molecule has 0 fully saturated rings. The molecule has 0 heterocycles. The van der Waals surface area contributed by atoms with Gasteiger partial charge >= 0.3 is 0 Å². The smallest absolute Gasteiger partial charge is 0.259 e. The predicted octanol–water partition coefficient (Wildman–Crippen LogP) is 10.8. The molecular formula is C42H62N3O4P. The van der Waals surface area contributed by atoms with Crippen LogP contribution in [0.1, 0.15) is 115 Å². The zero-order valence-electron chi connectivity index (χ0n) is 31.5. The second-order valence-electron chi connectivity index (χ2n) is 13.4. The maximum Gasteiger partial charge on any atom is 0.259 e. The summed E-state index contributed by atoms with van der Waals surface area (Å²) in [7, 11) is 2.29. The molecule has 3 aromatic carbocycles. The summed E-state index contributed by atoms with van der Waals surface area (Å²) in [5, 5.41) is 12.9. The monoisotopic (exact) mass is 703 g/mol. The first-order valence-electron chi connectivity index (χ1n) is 18.7. The van der Waals surface area contributed by atoms with Gasteiger partial charge in [-0.1, -0.05) is 106 Å². The molecule has 1 atom stereocenters. The Hall–Kier alpha value is -2.98. The van der Waals surface area contributed by atoms with Gasteiger partial charge in [-0.3, -0.25) is 5.32 Å². The summed E-state index contributed by atoms with van der Waals surface area (Å²) >= 11 is 0. The van der Waals surface area contributed by atoms with Crippen LogP contribution in [0, 0.1) is 11.3 Å². The van der Waals surface area contributed by atoms with Crippen LogP contribution in [-0.4, -0.2) is 50.7 Å². The third-order valence-electron chi connectivity index (χ3n) is 9.08. The van der Waals surface area contributed by atoms with E-state index in [9.17, 15) is 0 Å². The van der Waals surface area contributed by atoms with Gasteiger partial charge in [-0.2, -0.15) is 5.26 Å². The van der Waals surface area contributed by atoms with Crippen LogP contribution in [0.25, 0.3) is 0 Å². The molecule has 0 saturated carbocycles. The fourth-order valence-corrected chi connectivity index (χ4v) is 8.18. The number of unbranched alkanes of at least 4 members (excludes halogenated alkanes) is 9. The average molecular weight is 704 g/mol. The summed E-state index contributed by atoms with van der Waals surface area (Å²) in [4.78, 5) is 0. The topological polar surface area (TPSA) is 76.0 Å². The molecule has 7 nitrogen and oxygen atoms in total. The third kappa shape index (κ3) is 13.0. The Morgan fingerprint density at radius 2 is 1.06 bits per heavy atom. The van der Waals surface area contributed by atoms with Gasteiger partial charge in [0.15, 0.2) is 0 Å². The largest absolute Gasteiger partial charge is 0.497 e. The van der Waals surface area contributed by atoms with Crippen molar-refractivity contribution in [2.75, 3.05) is 34.0 Å². The van der Waals surface area contributed by atoms with Gasteiger partial charge in [0.2, 0.25) is 0 Å². The molecule has 0 aliphatic rings. The lowest BCUT2D eigenvalue weighted by Crippen LogP contribution is -2.45. The van der Waals surface area contributed by atoms with Gasteiger partial charge in [-0.25, -0.2) is 4.67 Å². The van der Waals surface area contributed by atoms with E-state index in [1.165, 1.54) is 68.1 Å². The lowest BCUT2D eigenvalue weighted by Gasteiger charge is -2.37. The van der Waals surface area contributed by atoms with Crippen molar-refractivity contribution in [3.05, 3.63) is 95.6 Å². The Morgan fingerprint density at radius 3 is 1.52 bits per heavy atom. The summed E-state index contributed by atoms with van der Waals surface area (Å²) in [6.45, 7) is 10.7. The first-order chi connectivity index (χ1) is 24.4. The first kappa shape index (κ1) is 41.4. The predicted molar refractivity (Wildman–Crippen MR) is 208 cm³/mol. The summed E-state index contributed by atoms with van der Waals surface area (Å²) in [5.41, 5.74) is 3.07. The zero-order chi connectivity index (χ0) is 36.0. The highest BCUT2D eigenvalue weighted by Gasteiger charge is 2.36. The Bertz CT molecular complexity index is 1290. The van der Waals surface area contributed by atoms with Gasteiger partial charge in [-0.15, -0.1) is 0 Å². The number of nitrogens with one attached hydrogen (secondary N) is 1. The fourth-order valence-electron chi connectivity index (χ4n) is 6.55. The highest BCUT2D eigenvalue weighted by Crippen LogP contribution is 2.46. The van der Waals surface area contributed by atoms with E-state index in [4.69, 9.17) is 23.8 Å². The van der Waals surface area contributed by atoms with E-state index in [2.05, 4.69) is 98.3 Å². The van der Waals surface area contributed by atoms with E-state index in [1.807, 2.05) is 24.3 Å². The molecular weight excluding hydrogens is 641 g/mol. The summed E-state index contributed by atoms with van der Waals surface area (Å²) in [6, 6.07) is 30.5. The molecule has 50 heavy (non-hydrogen) atoms. The summed E-state index contributed by atoms with van der Waals surface area (Å²) < 4.78 is 25.5. The van der Waals surface area contributed by atoms with Crippen LogP contribution in [0.4, 0.5) is 0 Å². The average Bonchev–Trinajstić information content (AvgIpc) is 3.13. The van der Waals surface area contributed by atoms with Crippen LogP contribution < -0.4 is 14.8 Å². The van der Waals surface area contributed by atoms with Crippen molar-refractivity contribution >= 4 is 8.53 Å². The number of benzene rings is 3. The van der Waals surface area contributed by atoms with E-state index in [0.717, 1.165) is 30.9 Å². The number of methoxy groups -OCH3 is 2. The van der Waals surface area contributed by atoms with E-state index in [1.54, 1.807) is 14.2 Å². The van der Waals surface area contributed by atoms with Crippen molar-refractivity contribution in [2.24, 2.45) is 0 Å². The van der Waals surface area contributed by atoms with Gasteiger partial charge in [0.25, 0.3) is 8.53 Å². The Morgan fingerprint density at radius 1 is 0.620 bits per heavy atom. The zero-order valence-corrected chi connectivity index (χ0v) is 32.4. The van der Waals surface area contributed by atoms with E-state index in [-0.39, 0.29) is 0 Å². The molecule has 274 valence electrons. The molecule has 0 aromatic heterocycles. The van der Waals surface area contributed by atoms with Gasteiger partial charge in [0.1, 0.15) is 11.5 Å². The second-order valence-corrected chi connectivity index (χ2v) is 14.9. The molecule has 0 spiro atoms. The van der Waals surface area contributed by atoms with Crippen molar-refractivity contribution < 1.29 is 18.5 Å². The molecule has 0 aliphatic heterocycles. The molecule has 3 aromatic rings. The second kappa shape index (κ2) is 23.5. The van der Waals surface area contributed by atoms with Crippen molar-refractivity contribution in [2.45, 2.75) is 116 Å². The minimum absolute atomic E-state index is 0.334. The van der Waals surface area contributed by atoms with Crippen LogP contribution in [0.15, 0.2) is 78.9 Å². The molecule has 3 rings (SSSR count). The number of hydrogen-bond donors (Lipinski definition) is 1. The van der Waals surface area contributed by atoms with Crippen LogP contribution in [0.2, 0.25) is 0 Å². The molecule has 8 heteroatoms. The Kier molecular flexibility index (Phi) is 19.5. The van der Waals surface area contributed by atoms with Crippen LogP contribution in [-0.2, 0) is 14.6 Å². The Balaban J connectivity index is 1.42. The van der Waals surface area contributed by atoms with Gasteiger partial charge < -0.3 is 18.5 Å². The van der Waals surface area contributed by atoms with E-state index in [0.29, 0.717) is 31.7 Å². The maximum atomic E-state index is 8.91. The minimum Gasteiger partial charge on any atom is -0.497 e. The first-order valence-corrected chi connectivity index (χ1v) is 19.8. The normalized spacial score (nSPS) is 12.4. The lowest BCUT2D eigenvalue weighted by molar-refractivity contribution is 0.174. The highest BCUT2D eigenvalue weighted by atomic mass is 31.2. The third-order valence-corrected chi connectivity index (χ3v) is 11.2. The van der Waals surface area contributed by atoms with Crippen molar-refractivity contribution in [3.8, 4) is 17.6 Å². The van der Waals surface area contributed by atoms with E-state index < -0.39 is 14.1 Å². The maximum absolute atomic E-state index is 8.91. The molecule has 0 bridgehead atoms. The van der Waals surface area contributed by atoms with Crippen LogP contribution >= 0.6 is 8.53 Å². The summed E-state index contributed by atoms with van der Waals surface area (Å²) in [5.74, 6) is 1.70.